The number of nitrogens with two attached hydrogens (primary N) is 1. The number of pyridine rings is 1. The van der Waals surface area contributed by atoms with Gasteiger partial charge in [-0.05, 0) is 12.1 Å². The molecule has 8 heteroatoms. The van der Waals surface area contributed by atoms with Gasteiger partial charge in [0, 0.05) is 30.4 Å². The van der Waals surface area contributed by atoms with Crippen molar-refractivity contribution < 1.29 is 4.79 Å². The van der Waals surface area contributed by atoms with Crippen molar-refractivity contribution in [3.63, 3.8) is 0 Å². The SMILES string of the molecule is NC(=O)C1=Cn2nc(-c3[nH]nc4ncccc34)cc2NC1. The molecule has 4 N–H and O–H groups in total. The van der Waals surface area contributed by atoms with Crippen LogP contribution in [0.2, 0.25) is 0 Å². The number of nitrogens with one attached hydrogen (secondary N) is 2. The van der Waals surface area contributed by atoms with Crippen LogP contribution in [0.25, 0.3) is 28.6 Å². The third-order valence-electron chi connectivity index (χ3n) is 3.38. The predicted octanol–water partition coefficient (Wildman–Crippen LogP) is 0.573. The molecule has 0 saturated carbocycles. The zero-order valence-electron chi connectivity index (χ0n) is 10.9. The molecule has 3 aromatic heterocycles. The number of hydrogen-bond acceptors (Lipinski definition) is 5. The first-order chi connectivity index (χ1) is 10.2. The van der Waals surface area contributed by atoms with Gasteiger partial charge in [-0.1, -0.05) is 0 Å². The van der Waals surface area contributed by atoms with Crippen LogP contribution in [0.15, 0.2) is 30.0 Å². The number of rotatable bonds is 2. The Bertz CT molecular complexity index is 889. The summed E-state index contributed by atoms with van der Waals surface area (Å²) in [4.78, 5) is 15.4. The van der Waals surface area contributed by atoms with Gasteiger partial charge in [-0.2, -0.15) is 10.2 Å². The first-order valence-corrected chi connectivity index (χ1v) is 6.36. The fraction of sp³-hybridized carbons (Fsp3) is 0.0769. The molecular formula is C13H11N7O. The minimum Gasteiger partial charge on any atom is -0.366 e. The number of anilines is 1. The Kier molecular flexibility index (Phi) is 2.31. The van der Waals surface area contributed by atoms with Gasteiger partial charge in [0.1, 0.15) is 11.5 Å². The second kappa shape index (κ2) is 4.17. The van der Waals surface area contributed by atoms with Crippen molar-refractivity contribution in [1.82, 2.24) is 25.0 Å². The number of amides is 1. The van der Waals surface area contributed by atoms with Gasteiger partial charge in [0.25, 0.3) is 0 Å². The highest BCUT2D eigenvalue weighted by Gasteiger charge is 2.18. The van der Waals surface area contributed by atoms with E-state index < -0.39 is 5.91 Å². The molecule has 0 radical (unpaired) electrons. The molecule has 104 valence electrons. The lowest BCUT2D eigenvalue weighted by atomic mass is 10.2. The van der Waals surface area contributed by atoms with E-state index in [9.17, 15) is 4.79 Å². The van der Waals surface area contributed by atoms with Crippen molar-refractivity contribution in [1.29, 1.82) is 0 Å². The molecular weight excluding hydrogens is 270 g/mol. The Morgan fingerprint density at radius 1 is 1.43 bits per heavy atom. The molecule has 21 heavy (non-hydrogen) atoms. The summed E-state index contributed by atoms with van der Waals surface area (Å²) in [7, 11) is 0. The first-order valence-electron chi connectivity index (χ1n) is 6.36. The summed E-state index contributed by atoms with van der Waals surface area (Å²) < 4.78 is 1.60. The summed E-state index contributed by atoms with van der Waals surface area (Å²) in [5.41, 5.74) is 7.91. The van der Waals surface area contributed by atoms with Gasteiger partial charge in [0.05, 0.1) is 11.3 Å². The second-order valence-corrected chi connectivity index (χ2v) is 4.70. The molecule has 0 bridgehead atoms. The topological polar surface area (TPSA) is 115 Å². The molecule has 0 saturated heterocycles. The number of hydrogen-bond donors (Lipinski definition) is 3. The highest BCUT2D eigenvalue weighted by molar-refractivity contribution is 5.97. The molecule has 0 fully saturated rings. The predicted molar refractivity (Wildman–Crippen MR) is 77.1 cm³/mol. The third kappa shape index (κ3) is 1.76. The van der Waals surface area contributed by atoms with E-state index in [1.165, 1.54) is 0 Å². The summed E-state index contributed by atoms with van der Waals surface area (Å²) >= 11 is 0. The van der Waals surface area contributed by atoms with Gasteiger partial charge in [0.15, 0.2) is 5.65 Å². The molecule has 1 aliphatic rings. The summed E-state index contributed by atoms with van der Waals surface area (Å²) in [5, 5.41) is 15.5. The van der Waals surface area contributed by atoms with Crippen LogP contribution >= 0.6 is 0 Å². The van der Waals surface area contributed by atoms with Crippen molar-refractivity contribution >= 4 is 29.0 Å². The quantitative estimate of drug-likeness (QED) is 0.635. The van der Waals surface area contributed by atoms with Crippen molar-refractivity contribution in [2.45, 2.75) is 0 Å². The van der Waals surface area contributed by atoms with Crippen LogP contribution in [0.3, 0.4) is 0 Å². The van der Waals surface area contributed by atoms with Crippen molar-refractivity contribution in [3.8, 4) is 11.4 Å². The lowest BCUT2D eigenvalue weighted by molar-refractivity contribution is -0.114. The number of H-pyrrole nitrogens is 1. The van der Waals surface area contributed by atoms with E-state index in [0.717, 1.165) is 22.6 Å². The van der Waals surface area contributed by atoms with Gasteiger partial charge in [0.2, 0.25) is 5.91 Å². The number of aromatic nitrogens is 5. The van der Waals surface area contributed by atoms with E-state index in [-0.39, 0.29) is 0 Å². The number of aromatic amines is 1. The summed E-state index contributed by atoms with van der Waals surface area (Å²) in [6.07, 6.45) is 3.32. The van der Waals surface area contributed by atoms with Gasteiger partial charge < -0.3 is 11.1 Å². The third-order valence-corrected chi connectivity index (χ3v) is 3.38. The van der Waals surface area contributed by atoms with Crippen molar-refractivity contribution in [3.05, 3.63) is 30.0 Å². The zero-order chi connectivity index (χ0) is 14.4. The summed E-state index contributed by atoms with van der Waals surface area (Å²) in [6.45, 7) is 0.395. The van der Waals surface area contributed by atoms with Crippen LogP contribution in [0.5, 0.6) is 0 Å². The largest absolute Gasteiger partial charge is 0.366 e. The minimum absolute atomic E-state index is 0.395. The maximum absolute atomic E-state index is 11.2. The minimum atomic E-state index is -0.457. The smallest absolute Gasteiger partial charge is 0.247 e. The number of nitrogens with zero attached hydrogens (tertiary/aromatic N) is 4. The van der Waals surface area contributed by atoms with Gasteiger partial charge in [-0.3, -0.25) is 9.89 Å². The molecule has 0 atom stereocenters. The monoisotopic (exact) mass is 281 g/mol. The van der Waals surface area contributed by atoms with Crippen LogP contribution < -0.4 is 11.1 Å². The summed E-state index contributed by atoms with van der Waals surface area (Å²) in [6, 6.07) is 5.66. The fourth-order valence-electron chi connectivity index (χ4n) is 2.32. The normalized spacial score (nSPS) is 13.6. The van der Waals surface area contributed by atoms with Gasteiger partial charge in [-0.15, -0.1) is 0 Å². The number of carbonyl (C=O) groups excluding carboxylic acids is 1. The van der Waals surface area contributed by atoms with E-state index in [2.05, 4.69) is 25.6 Å². The average Bonchev–Trinajstić information content (AvgIpc) is 3.09. The lowest BCUT2D eigenvalue weighted by Gasteiger charge is -2.13. The Balaban J connectivity index is 1.84. The molecule has 0 spiro atoms. The zero-order valence-corrected chi connectivity index (χ0v) is 10.9. The van der Waals surface area contributed by atoms with E-state index in [0.29, 0.717) is 17.8 Å². The van der Waals surface area contributed by atoms with E-state index in [1.54, 1.807) is 17.1 Å². The molecule has 1 aliphatic heterocycles. The van der Waals surface area contributed by atoms with Crippen LogP contribution in [-0.4, -0.2) is 37.4 Å². The molecule has 0 aliphatic carbocycles. The second-order valence-electron chi connectivity index (χ2n) is 4.70. The van der Waals surface area contributed by atoms with Crippen LogP contribution in [0.1, 0.15) is 0 Å². The Morgan fingerprint density at radius 3 is 3.19 bits per heavy atom. The number of fused-ring (bicyclic) bond motifs is 2. The Morgan fingerprint density at radius 2 is 2.33 bits per heavy atom. The maximum atomic E-state index is 11.2. The van der Waals surface area contributed by atoms with Gasteiger partial charge in [-0.25, -0.2) is 9.67 Å². The lowest BCUT2D eigenvalue weighted by Crippen LogP contribution is -2.24. The van der Waals surface area contributed by atoms with Crippen LogP contribution in [0, 0.1) is 0 Å². The van der Waals surface area contributed by atoms with Gasteiger partial charge >= 0.3 is 0 Å². The highest BCUT2D eigenvalue weighted by Crippen LogP contribution is 2.27. The molecule has 8 nitrogen and oxygen atoms in total. The fourth-order valence-corrected chi connectivity index (χ4v) is 2.32. The molecule has 0 aromatic carbocycles. The maximum Gasteiger partial charge on any atom is 0.247 e. The molecule has 0 unspecified atom stereocenters. The van der Waals surface area contributed by atoms with E-state index in [1.807, 2.05) is 18.2 Å². The van der Waals surface area contributed by atoms with Crippen molar-refractivity contribution in [2.24, 2.45) is 5.73 Å². The van der Waals surface area contributed by atoms with Crippen LogP contribution in [0.4, 0.5) is 5.82 Å². The molecule has 4 rings (SSSR count). The highest BCUT2D eigenvalue weighted by atomic mass is 16.1. The average molecular weight is 281 g/mol. The number of primary amides is 1. The Labute approximate surface area is 118 Å². The molecule has 4 heterocycles. The van der Waals surface area contributed by atoms with E-state index >= 15 is 0 Å². The Hall–Kier alpha value is -3.16. The van der Waals surface area contributed by atoms with Crippen LogP contribution in [-0.2, 0) is 4.79 Å². The molecule has 1 amide bonds. The van der Waals surface area contributed by atoms with E-state index in [4.69, 9.17) is 5.73 Å². The summed E-state index contributed by atoms with van der Waals surface area (Å²) in [5.74, 6) is 0.336. The molecule has 3 aromatic rings. The first kappa shape index (κ1) is 11.6. The van der Waals surface area contributed by atoms with Crippen molar-refractivity contribution in [2.75, 3.05) is 11.9 Å². The standard InChI is InChI=1S/C13H11N7O/c14-12(21)7-5-16-10-4-9(19-20(10)6-7)11-8-2-1-3-15-13(8)18-17-11/h1-4,6,16H,5H2,(H2,14,21)(H,15,17,18). The number of carbonyl (C=O) groups is 1.